The third-order valence-corrected chi connectivity index (χ3v) is 2.90. The number of fused-ring (bicyclic) bond motifs is 1. The van der Waals surface area contributed by atoms with Crippen LogP contribution in [0, 0.1) is 10.9 Å². The molecule has 0 unspecified atom stereocenters. The van der Waals surface area contributed by atoms with Crippen molar-refractivity contribution in [2.75, 3.05) is 0 Å². The fourth-order valence-corrected chi connectivity index (χ4v) is 2.22. The van der Waals surface area contributed by atoms with Crippen molar-refractivity contribution in [1.82, 2.24) is 0 Å². The highest BCUT2D eigenvalue weighted by Crippen LogP contribution is 2.37. The van der Waals surface area contributed by atoms with Gasteiger partial charge < -0.3 is 0 Å². The van der Waals surface area contributed by atoms with Gasteiger partial charge in [0.1, 0.15) is 5.82 Å². The predicted molar refractivity (Wildman–Crippen MR) is 46.7 cm³/mol. The molecule has 74 valence electrons. The van der Waals surface area contributed by atoms with Gasteiger partial charge in [0.2, 0.25) is 0 Å². The summed E-state index contributed by atoms with van der Waals surface area (Å²) in [6.07, 6.45) is -2.91. The van der Waals surface area contributed by atoms with Crippen LogP contribution in [0.2, 0.25) is 0 Å². The second-order valence-electron chi connectivity index (χ2n) is 2.71. The minimum Gasteiger partial charge on any atom is -0.205 e. The summed E-state index contributed by atoms with van der Waals surface area (Å²) in [7, 11) is 0. The molecule has 0 amide bonds. The molecule has 0 bridgehead atoms. The summed E-state index contributed by atoms with van der Waals surface area (Å²) < 4.78 is 50.7. The summed E-state index contributed by atoms with van der Waals surface area (Å²) in [6, 6.07) is 3.70. The first-order chi connectivity index (χ1) is 6.61. The first-order valence-electron chi connectivity index (χ1n) is 3.76. The topological polar surface area (TPSA) is 0 Å². The van der Waals surface area contributed by atoms with Crippen molar-refractivity contribution in [3.63, 3.8) is 0 Å². The summed E-state index contributed by atoms with van der Waals surface area (Å²) in [5.74, 6) is -0.668. The molecule has 0 spiro atoms. The van der Waals surface area contributed by atoms with Gasteiger partial charge in [-0.1, -0.05) is 12.1 Å². The molecule has 0 saturated heterocycles. The monoisotopic (exact) mass is 220 g/mol. The fraction of sp³-hybridized carbons (Fsp3) is 0.111. The second kappa shape index (κ2) is 3.24. The number of halogens is 4. The van der Waals surface area contributed by atoms with Gasteiger partial charge in [0.15, 0.2) is 5.13 Å². The van der Waals surface area contributed by atoms with Crippen molar-refractivity contribution in [2.45, 2.75) is 6.43 Å². The second-order valence-corrected chi connectivity index (χ2v) is 3.68. The molecule has 1 aromatic heterocycles. The van der Waals surface area contributed by atoms with E-state index in [0.29, 0.717) is 11.3 Å². The highest BCUT2D eigenvalue weighted by atomic mass is 32.1. The third kappa shape index (κ3) is 1.28. The van der Waals surface area contributed by atoms with Crippen molar-refractivity contribution in [2.24, 2.45) is 0 Å². The quantitative estimate of drug-likeness (QED) is 0.634. The molecule has 0 saturated carbocycles. The van der Waals surface area contributed by atoms with Crippen molar-refractivity contribution in [1.29, 1.82) is 0 Å². The zero-order valence-corrected chi connectivity index (χ0v) is 7.55. The van der Waals surface area contributed by atoms with Crippen molar-refractivity contribution in [3.8, 4) is 0 Å². The van der Waals surface area contributed by atoms with E-state index in [0.717, 1.165) is 6.07 Å². The third-order valence-electron chi connectivity index (χ3n) is 1.88. The lowest BCUT2D eigenvalue weighted by molar-refractivity contribution is 0.149. The maximum atomic E-state index is 13.0. The Balaban J connectivity index is 2.83. The van der Waals surface area contributed by atoms with Crippen LogP contribution in [0.4, 0.5) is 17.6 Å². The van der Waals surface area contributed by atoms with Gasteiger partial charge in [-0.2, -0.15) is 4.39 Å². The molecule has 0 nitrogen and oxygen atoms in total. The normalized spacial score (nSPS) is 11.5. The van der Waals surface area contributed by atoms with Crippen molar-refractivity contribution >= 4 is 21.4 Å². The van der Waals surface area contributed by atoms with E-state index in [1.807, 2.05) is 0 Å². The number of hydrogen-bond acceptors (Lipinski definition) is 1. The Labute approximate surface area is 80.8 Å². The van der Waals surface area contributed by atoms with Gasteiger partial charge >= 0.3 is 0 Å². The highest BCUT2D eigenvalue weighted by molar-refractivity contribution is 7.17. The van der Waals surface area contributed by atoms with Crippen LogP contribution in [0.25, 0.3) is 10.1 Å². The molecule has 5 heteroatoms. The van der Waals surface area contributed by atoms with Gasteiger partial charge in [0.25, 0.3) is 6.43 Å². The van der Waals surface area contributed by atoms with E-state index in [4.69, 9.17) is 0 Å². The molecule has 2 aromatic rings. The largest absolute Gasteiger partial charge is 0.268 e. The average Bonchev–Trinajstić information content (AvgIpc) is 2.42. The van der Waals surface area contributed by atoms with Crippen LogP contribution in [0.5, 0.6) is 0 Å². The molecule has 0 aliphatic rings. The Kier molecular flexibility index (Phi) is 2.19. The minimum atomic E-state index is -2.91. The van der Waals surface area contributed by atoms with Crippen molar-refractivity contribution in [3.05, 3.63) is 34.7 Å². The smallest absolute Gasteiger partial charge is 0.205 e. The summed E-state index contributed by atoms with van der Waals surface area (Å²) in [5.41, 5.74) is -0.704. The molecule has 0 N–H and O–H groups in total. The molecule has 0 atom stereocenters. The van der Waals surface area contributed by atoms with E-state index in [-0.39, 0.29) is 10.1 Å². The Hall–Kier alpha value is -1.10. The van der Waals surface area contributed by atoms with Gasteiger partial charge in [-0.15, -0.1) is 11.3 Å². The van der Waals surface area contributed by atoms with Crippen molar-refractivity contribution < 1.29 is 17.6 Å². The van der Waals surface area contributed by atoms with Crippen LogP contribution in [0.3, 0.4) is 0 Å². The maximum Gasteiger partial charge on any atom is 0.268 e. The highest BCUT2D eigenvalue weighted by Gasteiger charge is 2.21. The van der Waals surface area contributed by atoms with E-state index >= 15 is 0 Å². The Morgan fingerprint density at radius 2 is 1.86 bits per heavy atom. The molecule has 14 heavy (non-hydrogen) atoms. The van der Waals surface area contributed by atoms with Gasteiger partial charge in [0.05, 0.1) is 10.3 Å². The molecule has 1 aromatic carbocycles. The first kappa shape index (κ1) is 9.45. The van der Waals surface area contributed by atoms with Gasteiger partial charge in [-0.3, -0.25) is 0 Å². The molecule has 0 fully saturated rings. The Bertz CT molecular complexity index is 475. The predicted octanol–water partition coefficient (Wildman–Crippen LogP) is 4.12. The molecular weight excluding hydrogens is 216 g/mol. The standard InChI is InChI=1S/C9H4F4S/c10-5-3-1-2-4-6(8(11)12)9(13)14-7(4)5/h1-3,8H. The van der Waals surface area contributed by atoms with Crippen LogP contribution in [-0.4, -0.2) is 0 Å². The van der Waals surface area contributed by atoms with Gasteiger partial charge in [0, 0.05) is 5.39 Å². The average molecular weight is 220 g/mol. The van der Waals surface area contributed by atoms with Crippen LogP contribution < -0.4 is 0 Å². The van der Waals surface area contributed by atoms with E-state index in [1.165, 1.54) is 12.1 Å². The van der Waals surface area contributed by atoms with Crippen LogP contribution in [0.15, 0.2) is 18.2 Å². The Morgan fingerprint density at radius 3 is 2.50 bits per heavy atom. The summed E-state index contributed by atoms with van der Waals surface area (Å²) >= 11 is 0.412. The van der Waals surface area contributed by atoms with E-state index in [2.05, 4.69) is 0 Å². The number of thiophene rings is 1. The lowest BCUT2D eigenvalue weighted by Crippen LogP contribution is -1.84. The zero-order chi connectivity index (χ0) is 10.3. The summed E-state index contributed by atoms with van der Waals surface area (Å²) in [5, 5.41) is -1.05. The number of rotatable bonds is 1. The number of benzene rings is 1. The van der Waals surface area contributed by atoms with Gasteiger partial charge in [-0.25, -0.2) is 13.2 Å². The summed E-state index contributed by atoms with van der Waals surface area (Å²) in [4.78, 5) is 0. The molecular formula is C9H4F4S. The van der Waals surface area contributed by atoms with Crippen LogP contribution >= 0.6 is 11.3 Å². The Morgan fingerprint density at radius 1 is 1.14 bits per heavy atom. The molecule has 2 rings (SSSR count). The lowest BCUT2D eigenvalue weighted by Gasteiger charge is -1.96. The molecule has 0 aliphatic heterocycles. The summed E-state index contributed by atoms with van der Waals surface area (Å²) in [6.45, 7) is 0. The zero-order valence-electron chi connectivity index (χ0n) is 6.73. The van der Waals surface area contributed by atoms with Gasteiger partial charge in [-0.05, 0) is 6.07 Å². The molecule has 1 heterocycles. The van der Waals surface area contributed by atoms with Crippen LogP contribution in [0.1, 0.15) is 12.0 Å². The van der Waals surface area contributed by atoms with E-state index in [1.54, 1.807) is 0 Å². The lowest BCUT2D eigenvalue weighted by atomic mass is 10.2. The van der Waals surface area contributed by atoms with E-state index in [9.17, 15) is 17.6 Å². The maximum absolute atomic E-state index is 13.0. The molecule has 0 radical (unpaired) electrons. The number of alkyl halides is 2. The minimum absolute atomic E-state index is 0.0394. The van der Waals surface area contributed by atoms with Crippen LogP contribution in [-0.2, 0) is 0 Å². The fourth-order valence-electron chi connectivity index (χ4n) is 1.28. The first-order valence-corrected chi connectivity index (χ1v) is 4.57. The molecule has 0 aliphatic carbocycles. The van der Waals surface area contributed by atoms with E-state index < -0.39 is 22.9 Å². The number of hydrogen-bond donors (Lipinski definition) is 0. The SMILES string of the molecule is Fc1sc2c(F)cccc2c1C(F)F.